The lowest BCUT2D eigenvalue weighted by Gasteiger charge is -2.33. The minimum Gasteiger partial charge on any atom is -0.354 e. The number of hydrogen-bond donors (Lipinski definition) is 1. The van der Waals surface area contributed by atoms with Crippen LogP contribution in [0.25, 0.3) is 0 Å². The van der Waals surface area contributed by atoms with E-state index < -0.39 is 5.41 Å². The number of hydrogen-bond acceptors (Lipinski definition) is 3. The smallest absolute Gasteiger partial charge is 0.240 e. The molecule has 2 amide bonds. The van der Waals surface area contributed by atoms with Gasteiger partial charge in [0.15, 0.2) is 0 Å². The van der Waals surface area contributed by atoms with Crippen molar-refractivity contribution < 1.29 is 9.59 Å². The lowest BCUT2D eigenvalue weighted by atomic mass is 9.69. The maximum absolute atomic E-state index is 11.7. The zero-order chi connectivity index (χ0) is 12.2. The van der Waals surface area contributed by atoms with Crippen molar-refractivity contribution in [3.8, 4) is 6.07 Å². The first-order valence-corrected chi connectivity index (χ1v) is 5.41. The number of nitriles is 1. The molecule has 5 nitrogen and oxygen atoms in total. The highest BCUT2D eigenvalue weighted by Gasteiger charge is 2.44. The second-order valence-electron chi connectivity index (χ2n) is 4.34. The Balaban J connectivity index is 2.31. The molecule has 0 aromatic rings. The summed E-state index contributed by atoms with van der Waals surface area (Å²) in [6.45, 7) is 0.305. The number of rotatable bonds is 4. The molecule has 0 unspecified atom stereocenters. The van der Waals surface area contributed by atoms with Gasteiger partial charge in [-0.3, -0.25) is 9.59 Å². The molecule has 1 aliphatic rings. The van der Waals surface area contributed by atoms with Crippen LogP contribution in [0.1, 0.15) is 25.7 Å². The molecule has 0 aromatic heterocycles. The average Bonchev–Trinajstić information content (AvgIpc) is 2.16. The quantitative estimate of drug-likeness (QED) is 0.743. The maximum Gasteiger partial charge on any atom is 0.240 e. The molecule has 0 bridgehead atoms. The van der Waals surface area contributed by atoms with Crippen LogP contribution in [0.4, 0.5) is 0 Å². The Morgan fingerprint density at radius 3 is 2.44 bits per heavy atom. The average molecular weight is 223 g/mol. The molecule has 1 fully saturated rings. The van der Waals surface area contributed by atoms with E-state index in [1.807, 2.05) is 0 Å². The van der Waals surface area contributed by atoms with Crippen molar-refractivity contribution in [1.82, 2.24) is 10.2 Å². The van der Waals surface area contributed by atoms with Gasteiger partial charge in [0.25, 0.3) is 0 Å². The predicted octanol–water partition coefficient (Wildman–Crippen LogP) is 0.275. The normalized spacial score (nSPS) is 16.8. The zero-order valence-electron chi connectivity index (χ0n) is 9.75. The molecule has 5 heteroatoms. The van der Waals surface area contributed by atoms with Crippen molar-refractivity contribution in [3.05, 3.63) is 0 Å². The van der Waals surface area contributed by atoms with E-state index in [-0.39, 0.29) is 18.2 Å². The van der Waals surface area contributed by atoms with E-state index in [1.54, 1.807) is 14.1 Å². The Kier molecular flexibility index (Phi) is 3.88. The van der Waals surface area contributed by atoms with Crippen molar-refractivity contribution >= 4 is 11.8 Å². The summed E-state index contributed by atoms with van der Waals surface area (Å²) in [5.41, 5.74) is -0.818. The zero-order valence-corrected chi connectivity index (χ0v) is 9.75. The Morgan fingerprint density at radius 2 is 2.06 bits per heavy atom. The fraction of sp³-hybridized carbons (Fsp3) is 0.727. The Bertz CT molecular complexity index is 327. The van der Waals surface area contributed by atoms with Crippen molar-refractivity contribution in [2.24, 2.45) is 5.41 Å². The van der Waals surface area contributed by atoms with E-state index in [9.17, 15) is 9.59 Å². The Labute approximate surface area is 95.4 Å². The Hall–Kier alpha value is -1.57. The van der Waals surface area contributed by atoms with Crippen molar-refractivity contribution in [3.63, 3.8) is 0 Å². The third-order valence-electron chi connectivity index (χ3n) is 2.98. The first-order chi connectivity index (χ1) is 7.52. The summed E-state index contributed by atoms with van der Waals surface area (Å²) in [6, 6.07) is 2.07. The summed E-state index contributed by atoms with van der Waals surface area (Å²) in [5.74, 6) is -0.257. The van der Waals surface area contributed by atoms with Crippen LogP contribution >= 0.6 is 0 Å². The number of nitrogens with one attached hydrogen (secondary N) is 1. The maximum atomic E-state index is 11.7. The molecule has 0 aliphatic heterocycles. The summed E-state index contributed by atoms with van der Waals surface area (Å²) in [6.07, 6.45) is 2.48. The summed E-state index contributed by atoms with van der Waals surface area (Å²) in [5, 5.41) is 11.6. The second-order valence-corrected chi connectivity index (χ2v) is 4.34. The SMILES string of the molecule is CN(C)C(=O)CCNC(=O)C1(C#N)CCC1. The van der Waals surface area contributed by atoms with Crippen LogP contribution in [0, 0.1) is 16.7 Å². The topological polar surface area (TPSA) is 73.2 Å². The molecular formula is C11H17N3O2. The minimum atomic E-state index is -0.818. The molecule has 88 valence electrons. The molecule has 1 N–H and O–H groups in total. The summed E-state index contributed by atoms with van der Waals surface area (Å²) in [7, 11) is 3.35. The first kappa shape index (κ1) is 12.5. The van der Waals surface area contributed by atoms with Gasteiger partial charge in [0.1, 0.15) is 5.41 Å². The first-order valence-electron chi connectivity index (χ1n) is 5.41. The number of carbonyl (C=O) groups is 2. The van der Waals surface area contributed by atoms with Gasteiger partial charge in [-0.05, 0) is 19.3 Å². The van der Waals surface area contributed by atoms with Crippen LogP contribution in [0.2, 0.25) is 0 Å². The van der Waals surface area contributed by atoms with Crippen LogP contribution in [0.3, 0.4) is 0 Å². The van der Waals surface area contributed by atoms with Crippen molar-refractivity contribution in [2.45, 2.75) is 25.7 Å². The number of carbonyl (C=O) groups excluding carboxylic acids is 2. The van der Waals surface area contributed by atoms with Crippen LogP contribution in [-0.2, 0) is 9.59 Å². The lowest BCUT2D eigenvalue weighted by molar-refractivity contribution is -0.132. The fourth-order valence-corrected chi connectivity index (χ4v) is 1.60. The van der Waals surface area contributed by atoms with Crippen LogP contribution in [-0.4, -0.2) is 37.4 Å². The van der Waals surface area contributed by atoms with Gasteiger partial charge in [-0.25, -0.2) is 0 Å². The van der Waals surface area contributed by atoms with Gasteiger partial charge in [0.2, 0.25) is 11.8 Å². The minimum absolute atomic E-state index is 0.0279. The van der Waals surface area contributed by atoms with E-state index >= 15 is 0 Å². The predicted molar refractivity (Wildman–Crippen MR) is 58.2 cm³/mol. The van der Waals surface area contributed by atoms with Gasteiger partial charge in [0, 0.05) is 27.1 Å². The molecule has 16 heavy (non-hydrogen) atoms. The number of amides is 2. The summed E-state index contributed by atoms with van der Waals surface area (Å²) < 4.78 is 0. The van der Waals surface area contributed by atoms with Crippen LogP contribution < -0.4 is 5.32 Å². The fourth-order valence-electron chi connectivity index (χ4n) is 1.60. The van der Waals surface area contributed by atoms with E-state index in [1.165, 1.54) is 4.90 Å². The van der Waals surface area contributed by atoms with Gasteiger partial charge in [0.05, 0.1) is 6.07 Å². The van der Waals surface area contributed by atoms with E-state index in [4.69, 9.17) is 5.26 Å². The van der Waals surface area contributed by atoms with Gasteiger partial charge < -0.3 is 10.2 Å². The highest BCUT2D eigenvalue weighted by molar-refractivity contribution is 5.86. The van der Waals surface area contributed by atoms with Gasteiger partial charge in [-0.2, -0.15) is 5.26 Å². The molecule has 0 radical (unpaired) electrons. The van der Waals surface area contributed by atoms with Crippen molar-refractivity contribution in [1.29, 1.82) is 5.26 Å². The molecular weight excluding hydrogens is 206 g/mol. The summed E-state index contributed by atoms with van der Waals surface area (Å²) >= 11 is 0. The molecule has 0 spiro atoms. The van der Waals surface area contributed by atoms with Crippen LogP contribution in [0.15, 0.2) is 0 Å². The second kappa shape index (κ2) is 4.97. The molecule has 0 aromatic carbocycles. The Morgan fingerprint density at radius 1 is 1.44 bits per heavy atom. The van der Waals surface area contributed by atoms with Crippen LogP contribution in [0.5, 0.6) is 0 Å². The highest BCUT2D eigenvalue weighted by Crippen LogP contribution is 2.40. The molecule has 0 saturated heterocycles. The molecule has 1 rings (SSSR count). The van der Waals surface area contributed by atoms with Gasteiger partial charge >= 0.3 is 0 Å². The van der Waals surface area contributed by atoms with Gasteiger partial charge in [-0.1, -0.05) is 0 Å². The van der Waals surface area contributed by atoms with E-state index in [2.05, 4.69) is 11.4 Å². The summed E-state index contributed by atoms with van der Waals surface area (Å²) in [4.78, 5) is 24.4. The number of nitrogens with zero attached hydrogens (tertiary/aromatic N) is 2. The lowest BCUT2D eigenvalue weighted by Crippen LogP contribution is -2.45. The molecule has 1 saturated carbocycles. The van der Waals surface area contributed by atoms with E-state index in [0.29, 0.717) is 19.4 Å². The van der Waals surface area contributed by atoms with Gasteiger partial charge in [-0.15, -0.1) is 0 Å². The molecule has 1 aliphatic carbocycles. The third kappa shape index (κ3) is 2.51. The van der Waals surface area contributed by atoms with E-state index in [0.717, 1.165) is 6.42 Å². The standard InChI is InChI=1S/C11H17N3O2/c1-14(2)9(15)4-7-13-10(16)11(8-12)5-3-6-11/h3-7H2,1-2H3,(H,13,16). The molecule has 0 heterocycles. The highest BCUT2D eigenvalue weighted by atomic mass is 16.2. The third-order valence-corrected chi connectivity index (χ3v) is 2.98. The molecule has 0 atom stereocenters. The largest absolute Gasteiger partial charge is 0.354 e. The monoisotopic (exact) mass is 223 g/mol. The van der Waals surface area contributed by atoms with Crippen molar-refractivity contribution in [2.75, 3.05) is 20.6 Å².